The third kappa shape index (κ3) is 8.68. The Balaban J connectivity index is 1.64. The van der Waals surface area contributed by atoms with Crippen LogP contribution in [0.2, 0.25) is 0 Å². The first-order valence-electron chi connectivity index (χ1n) is 11.5. The van der Waals surface area contributed by atoms with Crippen molar-refractivity contribution in [1.82, 2.24) is 0 Å². The summed E-state index contributed by atoms with van der Waals surface area (Å²) < 4.78 is 29.2. The van der Waals surface area contributed by atoms with Gasteiger partial charge in [-0.3, -0.25) is 9.59 Å². The largest absolute Gasteiger partial charge is 0.481 e. The molecule has 0 saturated carbocycles. The number of ketones is 1. The average Bonchev–Trinajstić information content (AvgIpc) is 2.80. The summed E-state index contributed by atoms with van der Waals surface area (Å²) in [5.74, 6) is -0.00856. The smallest absolute Gasteiger partial charge is 0.307 e. The van der Waals surface area contributed by atoms with Gasteiger partial charge in [0.05, 0.1) is 12.2 Å². The molecule has 0 atom stereocenters. The van der Waals surface area contributed by atoms with Gasteiger partial charge in [0.1, 0.15) is 21.3 Å². The highest BCUT2D eigenvalue weighted by Gasteiger charge is 2.13. The van der Waals surface area contributed by atoms with Gasteiger partial charge in [-0.05, 0) is 73.2 Å². The van der Waals surface area contributed by atoms with E-state index in [-0.39, 0.29) is 24.4 Å². The Morgan fingerprint density at radius 3 is 2.17 bits per heavy atom. The van der Waals surface area contributed by atoms with Gasteiger partial charge in [0.15, 0.2) is 5.78 Å². The van der Waals surface area contributed by atoms with E-state index in [1.165, 1.54) is 11.1 Å². The number of aryl methyl sites for hydroxylation is 3. The Morgan fingerprint density at radius 2 is 1.54 bits per heavy atom. The van der Waals surface area contributed by atoms with Crippen LogP contribution in [0.4, 0.5) is 0 Å². The van der Waals surface area contributed by atoms with Crippen LogP contribution >= 0.6 is 0 Å². The molecule has 0 aliphatic rings. The molecule has 0 spiro atoms. The summed E-state index contributed by atoms with van der Waals surface area (Å²) >= 11 is 0. The van der Waals surface area contributed by atoms with E-state index >= 15 is 0 Å². The van der Waals surface area contributed by atoms with E-state index in [9.17, 15) is 18.0 Å². The molecule has 3 aromatic rings. The summed E-state index contributed by atoms with van der Waals surface area (Å²) in [7, 11) is -3.20. The number of benzene rings is 3. The summed E-state index contributed by atoms with van der Waals surface area (Å²) in [6, 6.07) is 20.1. The van der Waals surface area contributed by atoms with E-state index in [1.807, 2.05) is 6.92 Å². The van der Waals surface area contributed by atoms with Crippen LogP contribution in [-0.2, 0) is 33.9 Å². The molecule has 0 amide bonds. The van der Waals surface area contributed by atoms with Crippen molar-refractivity contribution in [3.8, 4) is 11.5 Å². The molecule has 7 heteroatoms. The normalized spacial score (nSPS) is 11.3. The molecule has 6 nitrogen and oxygen atoms in total. The van der Waals surface area contributed by atoms with Crippen molar-refractivity contribution in [2.24, 2.45) is 0 Å². The SMILES string of the molecule is Cc1ccc(CCCC(=O)c2ccc(Oc3ccc(CC(=O)O)cc3CCS(C)(=O)=O)cc2)cc1. The van der Waals surface area contributed by atoms with Gasteiger partial charge in [-0.25, -0.2) is 8.42 Å². The van der Waals surface area contributed by atoms with Crippen LogP contribution < -0.4 is 4.74 Å². The van der Waals surface area contributed by atoms with Crippen molar-refractivity contribution in [2.75, 3.05) is 12.0 Å². The first-order valence-corrected chi connectivity index (χ1v) is 13.5. The molecule has 0 aliphatic carbocycles. The summed E-state index contributed by atoms with van der Waals surface area (Å²) in [5, 5.41) is 9.06. The first-order chi connectivity index (χ1) is 16.6. The van der Waals surface area contributed by atoms with Crippen molar-refractivity contribution < 1.29 is 27.9 Å². The number of rotatable bonds is 12. The number of hydrogen-bond acceptors (Lipinski definition) is 5. The van der Waals surface area contributed by atoms with Crippen LogP contribution in [0.3, 0.4) is 0 Å². The number of carbonyl (C=O) groups is 2. The van der Waals surface area contributed by atoms with Gasteiger partial charge in [-0.1, -0.05) is 42.0 Å². The van der Waals surface area contributed by atoms with E-state index in [2.05, 4.69) is 24.3 Å². The predicted molar refractivity (Wildman–Crippen MR) is 136 cm³/mol. The van der Waals surface area contributed by atoms with Gasteiger partial charge in [-0.2, -0.15) is 0 Å². The summed E-state index contributed by atoms with van der Waals surface area (Å²) in [4.78, 5) is 23.6. The summed E-state index contributed by atoms with van der Waals surface area (Å²) in [6.07, 6.45) is 3.28. The molecule has 1 N–H and O–H groups in total. The molecule has 0 unspecified atom stereocenters. The second kappa shape index (κ2) is 11.8. The Kier molecular flexibility index (Phi) is 8.82. The van der Waals surface area contributed by atoms with Gasteiger partial charge < -0.3 is 9.84 Å². The molecular formula is C28H30O6S. The Labute approximate surface area is 206 Å². The molecule has 3 rings (SSSR count). The van der Waals surface area contributed by atoms with E-state index < -0.39 is 15.8 Å². The lowest BCUT2D eigenvalue weighted by molar-refractivity contribution is -0.136. The fraction of sp³-hybridized carbons (Fsp3) is 0.286. The lowest BCUT2D eigenvalue weighted by Crippen LogP contribution is -2.08. The Bertz CT molecular complexity index is 1280. The maximum atomic E-state index is 12.6. The molecule has 0 radical (unpaired) electrons. The Hall–Kier alpha value is -3.45. The number of sulfone groups is 1. The van der Waals surface area contributed by atoms with Crippen molar-refractivity contribution in [1.29, 1.82) is 0 Å². The first kappa shape index (κ1) is 26.2. The molecule has 3 aromatic carbocycles. The van der Waals surface area contributed by atoms with Gasteiger partial charge >= 0.3 is 5.97 Å². The lowest BCUT2D eigenvalue weighted by Gasteiger charge is -2.13. The quantitative estimate of drug-likeness (QED) is 0.347. The van der Waals surface area contributed by atoms with Crippen LogP contribution in [0.1, 0.15) is 45.5 Å². The van der Waals surface area contributed by atoms with E-state index in [0.29, 0.717) is 34.6 Å². The van der Waals surface area contributed by atoms with Gasteiger partial charge in [0, 0.05) is 18.2 Å². The standard InChI is InChI=1S/C28H30O6S/c1-20-6-8-21(9-7-20)4-3-5-26(29)23-11-13-25(14-12-23)34-27-15-10-22(19-28(30)31)18-24(27)16-17-35(2,32)33/h6-15,18H,3-5,16-17,19H2,1-2H3,(H,30,31). The highest BCUT2D eigenvalue weighted by atomic mass is 32.2. The van der Waals surface area contributed by atoms with E-state index in [4.69, 9.17) is 9.84 Å². The molecule has 0 fully saturated rings. The average molecular weight is 495 g/mol. The zero-order valence-electron chi connectivity index (χ0n) is 20.0. The minimum atomic E-state index is -3.20. The monoisotopic (exact) mass is 494 g/mol. The number of carboxylic acid groups (broad SMARTS) is 1. The van der Waals surface area contributed by atoms with Crippen molar-refractivity contribution in [2.45, 2.75) is 39.0 Å². The van der Waals surface area contributed by atoms with Crippen LogP contribution in [0, 0.1) is 6.92 Å². The van der Waals surface area contributed by atoms with Crippen LogP contribution in [0.5, 0.6) is 11.5 Å². The minimum Gasteiger partial charge on any atom is -0.481 e. The second-order valence-corrected chi connectivity index (χ2v) is 11.0. The van der Waals surface area contributed by atoms with Crippen LogP contribution in [0.15, 0.2) is 66.7 Å². The van der Waals surface area contributed by atoms with E-state index in [1.54, 1.807) is 42.5 Å². The zero-order valence-corrected chi connectivity index (χ0v) is 20.8. The van der Waals surface area contributed by atoms with E-state index in [0.717, 1.165) is 19.1 Å². The molecule has 0 heterocycles. The number of aliphatic carboxylic acids is 1. The van der Waals surface area contributed by atoms with Crippen molar-refractivity contribution >= 4 is 21.6 Å². The Morgan fingerprint density at radius 1 is 0.886 bits per heavy atom. The molecule has 0 aliphatic heterocycles. The lowest BCUT2D eigenvalue weighted by atomic mass is 10.0. The minimum absolute atomic E-state index is 0.0653. The molecule has 0 saturated heterocycles. The van der Waals surface area contributed by atoms with Gasteiger partial charge in [0.25, 0.3) is 0 Å². The molecule has 35 heavy (non-hydrogen) atoms. The number of carboxylic acids is 1. The number of ether oxygens (including phenoxy) is 1. The summed E-state index contributed by atoms with van der Waals surface area (Å²) in [5.41, 5.74) is 4.22. The number of Topliss-reactive ketones (excluding diaryl/α,β-unsaturated/α-hetero) is 1. The van der Waals surface area contributed by atoms with Crippen molar-refractivity contribution in [3.05, 3.63) is 94.5 Å². The molecule has 184 valence electrons. The van der Waals surface area contributed by atoms with Crippen LogP contribution in [0.25, 0.3) is 0 Å². The van der Waals surface area contributed by atoms with Gasteiger partial charge in [0.2, 0.25) is 0 Å². The number of carbonyl (C=O) groups excluding carboxylic acids is 1. The topological polar surface area (TPSA) is 97.7 Å². The maximum Gasteiger partial charge on any atom is 0.307 e. The maximum absolute atomic E-state index is 12.6. The highest BCUT2D eigenvalue weighted by molar-refractivity contribution is 7.90. The molecule has 0 bridgehead atoms. The second-order valence-electron chi connectivity index (χ2n) is 8.78. The number of hydrogen-bond donors (Lipinski definition) is 1. The zero-order chi connectivity index (χ0) is 25.4. The third-order valence-electron chi connectivity index (χ3n) is 5.62. The predicted octanol–water partition coefficient (Wildman–Crippen LogP) is 5.21. The molecular weight excluding hydrogens is 464 g/mol. The van der Waals surface area contributed by atoms with Gasteiger partial charge in [-0.15, -0.1) is 0 Å². The van der Waals surface area contributed by atoms with Crippen LogP contribution in [-0.4, -0.2) is 37.3 Å². The third-order valence-corrected chi connectivity index (χ3v) is 6.56. The fourth-order valence-corrected chi connectivity index (χ4v) is 4.29. The summed E-state index contributed by atoms with van der Waals surface area (Å²) in [6.45, 7) is 2.05. The highest BCUT2D eigenvalue weighted by Crippen LogP contribution is 2.28. The molecule has 0 aromatic heterocycles. The van der Waals surface area contributed by atoms with Crippen molar-refractivity contribution in [3.63, 3.8) is 0 Å². The fourth-order valence-electron chi connectivity index (χ4n) is 3.70.